The van der Waals surface area contributed by atoms with Crippen molar-refractivity contribution in [2.24, 2.45) is 5.73 Å². The Kier molecular flexibility index (Phi) is 3.03. The van der Waals surface area contributed by atoms with Crippen molar-refractivity contribution in [3.8, 4) is 0 Å². The fourth-order valence-corrected chi connectivity index (χ4v) is 2.13. The Morgan fingerprint density at radius 2 is 2.33 bits per heavy atom. The Labute approximate surface area is 89.7 Å². The van der Waals surface area contributed by atoms with E-state index >= 15 is 0 Å². The van der Waals surface area contributed by atoms with Crippen LogP contribution >= 0.6 is 0 Å². The van der Waals surface area contributed by atoms with Crippen LogP contribution < -0.4 is 11.1 Å². The van der Waals surface area contributed by atoms with Crippen molar-refractivity contribution >= 4 is 0 Å². The minimum atomic E-state index is -0.162. The molecule has 1 aromatic rings. The molecule has 0 spiro atoms. The number of hydrogen-bond donors (Lipinski definition) is 2. The molecule has 1 saturated heterocycles. The fourth-order valence-electron chi connectivity index (χ4n) is 2.13. The van der Waals surface area contributed by atoms with Gasteiger partial charge in [-0.25, -0.2) is 4.39 Å². The summed E-state index contributed by atoms with van der Waals surface area (Å²) in [5.74, 6) is -0.162. The van der Waals surface area contributed by atoms with E-state index in [0.29, 0.717) is 11.6 Å². The first kappa shape index (κ1) is 10.6. The van der Waals surface area contributed by atoms with E-state index in [1.165, 1.54) is 12.5 Å². The highest BCUT2D eigenvalue weighted by atomic mass is 19.1. The average molecular weight is 208 g/mol. The van der Waals surface area contributed by atoms with Gasteiger partial charge in [0, 0.05) is 12.1 Å². The molecule has 0 aliphatic carbocycles. The molecule has 3 heteroatoms. The van der Waals surface area contributed by atoms with Crippen LogP contribution in [0.5, 0.6) is 0 Å². The second-order valence-corrected chi connectivity index (χ2v) is 4.24. The lowest BCUT2D eigenvalue weighted by molar-refractivity contribution is 0.499. The normalized spacial score (nSPS) is 23.0. The molecular weight excluding hydrogens is 191 g/mol. The SMILES string of the molecule is Cc1cc(C(N)C2CCCN2)ccc1F. The standard InChI is InChI=1S/C12H17FN2/c1-8-7-9(4-5-10(8)13)12(14)11-3-2-6-15-11/h4-5,7,11-12,15H,2-3,6,14H2,1H3. The number of aryl methyl sites for hydroxylation is 1. The van der Waals surface area contributed by atoms with Gasteiger partial charge in [-0.05, 0) is 43.5 Å². The fraction of sp³-hybridized carbons (Fsp3) is 0.500. The van der Waals surface area contributed by atoms with E-state index in [0.717, 1.165) is 18.5 Å². The van der Waals surface area contributed by atoms with Crippen LogP contribution in [0.1, 0.15) is 30.0 Å². The number of benzene rings is 1. The number of hydrogen-bond acceptors (Lipinski definition) is 2. The monoisotopic (exact) mass is 208 g/mol. The molecular formula is C12H17FN2. The third-order valence-electron chi connectivity index (χ3n) is 3.10. The summed E-state index contributed by atoms with van der Waals surface area (Å²) >= 11 is 0. The van der Waals surface area contributed by atoms with Crippen LogP contribution in [0.25, 0.3) is 0 Å². The van der Waals surface area contributed by atoms with Crippen LogP contribution in [0.3, 0.4) is 0 Å². The van der Waals surface area contributed by atoms with Gasteiger partial charge in [-0.2, -0.15) is 0 Å². The van der Waals surface area contributed by atoms with Gasteiger partial charge in [0.25, 0.3) is 0 Å². The van der Waals surface area contributed by atoms with Crippen LogP contribution in [-0.4, -0.2) is 12.6 Å². The molecule has 0 aromatic heterocycles. The summed E-state index contributed by atoms with van der Waals surface area (Å²) in [5.41, 5.74) is 7.82. The topological polar surface area (TPSA) is 38.0 Å². The molecule has 1 aliphatic rings. The third kappa shape index (κ3) is 2.19. The molecule has 0 amide bonds. The third-order valence-corrected chi connectivity index (χ3v) is 3.10. The van der Waals surface area contributed by atoms with Crippen LogP contribution in [0.15, 0.2) is 18.2 Å². The minimum absolute atomic E-state index is 0.0215. The van der Waals surface area contributed by atoms with Crippen LogP contribution in [-0.2, 0) is 0 Å². The minimum Gasteiger partial charge on any atom is -0.323 e. The van der Waals surface area contributed by atoms with Crippen LogP contribution in [0.2, 0.25) is 0 Å². The highest BCUT2D eigenvalue weighted by Crippen LogP contribution is 2.22. The molecule has 2 unspecified atom stereocenters. The molecule has 0 bridgehead atoms. The molecule has 1 fully saturated rings. The van der Waals surface area contributed by atoms with Gasteiger partial charge in [0.05, 0.1) is 0 Å². The summed E-state index contributed by atoms with van der Waals surface area (Å²) < 4.78 is 13.1. The second-order valence-electron chi connectivity index (χ2n) is 4.24. The maximum atomic E-state index is 13.1. The second kappa shape index (κ2) is 4.29. The Morgan fingerprint density at radius 3 is 2.93 bits per heavy atom. The van der Waals surface area contributed by atoms with Crippen molar-refractivity contribution in [3.63, 3.8) is 0 Å². The van der Waals surface area contributed by atoms with Gasteiger partial charge in [-0.15, -0.1) is 0 Å². The van der Waals surface area contributed by atoms with E-state index in [1.54, 1.807) is 13.0 Å². The van der Waals surface area contributed by atoms with Crippen molar-refractivity contribution in [1.82, 2.24) is 5.32 Å². The molecule has 2 nitrogen and oxygen atoms in total. The molecule has 1 aromatic carbocycles. The van der Waals surface area contributed by atoms with Crippen LogP contribution in [0, 0.1) is 12.7 Å². The van der Waals surface area contributed by atoms with Gasteiger partial charge in [-0.3, -0.25) is 0 Å². The maximum absolute atomic E-state index is 13.1. The maximum Gasteiger partial charge on any atom is 0.126 e. The highest BCUT2D eigenvalue weighted by Gasteiger charge is 2.22. The van der Waals surface area contributed by atoms with E-state index in [2.05, 4.69) is 5.32 Å². The van der Waals surface area contributed by atoms with Gasteiger partial charge >= 0.3 is 0 Å². The molecule has 15 heavy (non-hydrogen) atoms. The average Bonchev–Trinajstić information content (AvgIpc) is 2.74. The molecule has 2 rings (SSSR count). The van der Waals surface area contributed by atoms with Crippen molar-refractivity contribution in [2.45, 2.75) is 31.8 Å². The van der Waals surface area contributed by atoms with Gasteiger partial charge < -0.3 is 11.1 Å². The first-order chi connectivity index (χ1) is 7.18. The lowest BCUT2D eigenvalue weighted by Crippen LogP contribution is -2.34. The van der Waals surface area contributed by atoms with Gasteiger partial charge in [0.15, 0.2) is 0 Å². The molecule has 0 radical (unpaired) electrons. The number of nitrogens with one attached hydrogen (secondary N) is 1. The molecule has 1 aliphatic heterocycles. The zero-order chi connectivity index (χ0) is 10.8. The molecule has 2 atom stereocenters. The molecule has 0 saturated carbocycles. The van der Waals surface area contributed by atoms with Crippen molar-refractivity contribution in [1.29, 1.82) is 0 Å². The number of halogens is 1. The first-order valence-corrected chi connectivity index (χ1v) is 5.43. The van der Waals surface area contributed by atoms with E-state index in [-0.39, 0.29) is 11.9 Å². The summed E-state index contributed by atoms with van der Waals surface area (Å²) in [5, 5.41) is 3.37. The highest BCUT2D eigenvalue weighted by molar-refractivity contribution is 5.27. The first-order valence-electron chi connectivity index (χ1n) is 5.43. The lowest BCUT2D eigenvalue weighted by atomic mass is 9.97. The summed E-state index contributed by atoms with van der Waals surface area (Å²) in [6, 6.07) is 5.45. The van der Waals surface area contributed by atoms with Gasteiger partial charge in [0.2, 0.25) is 0 Å². The predicted octanol–water partition coefficient (Wildman–Crippen LogP) is 1.89. The summed E-state index contributed by atoms with van der Waals surface area (Å²) in [6.07, 6.45) is 2.29. The smallest absolute Gasteiger partial charge is 0.126 e. The zero-order valence-electron chi connectivity index (χ0n) is 8.96. The van der Waals surface area contributed by atoms with Crippen LogP contribution in [0.4, 0.5) is 4.39 Å². The quantitative estimate of drug-likeness (QED) is 0.779. The van der Waals surface area contributed by atoms with E-state index in [1.807, 2.05) is 6.07 Å². The largest absolute Gasteiger partial charge is 0.323 e. The summed E-state index contributed by atoms with van der Waals surface area (Å²) in [7, 11) is 0. The number of rotatable bonds is 2. The zero-order valence-corrected chi connectivity index (χ0v) is 8.96. The van der Waals surface area contributed by atoms with Crippen molar-refractivity contribution in [2.75, 3.05) is 6.54 Å². The Hall–Kier alpha value is -0.930. The lowest BCUT2D eigenvalue weighted by Gasteiger charge is -2.20. The van der Waals surface area contributed by atoms with Gasteiger partial charge in [0.1, 0.15) is 5.82 Å². The van der Waals surface area contributed by atoms with Crippen molar-refractivity contribution in [3.05, 3.63) is 35.1 Å². The summed E-state index contributed by atoms with van der Waals surface area (Å²) in [6.45, 7) is 2.81. The summed E-state index contributed by atoms with van der Waals surface area (Å²) in [4.78, 5) is 0. The van der Waals surface area contributed by atoms with E-state index in [9.17, 15) is 4.39 Å². The molecule has 3 N–H and O–H groups in total. The Bertz CT molecular complexity index is 345. The van der Waals surface area contributed by atoms with Crippen molar-refractivity contribution < 1.29 is 4.39 Å². The van der Waals surface area contributed by atoms with Gasteiger partial charge in [-0.1, -0.05) is 12.1 Å². The predicted molar refractivity (Wildman–Crippen MR) is 59.1 cm³/mol. The Morgan fingerprint density at radius 1 is 1.53 bits per heavy atom. The van der Waals surface area contributed by atoms with E-state index < -0.39 is 0 Å². The molecule has 1 heterocycles. The van der Waals surface area contributed by atoms with E-state index in [4.69, 9.17) is 5.73 Å². The molecule has 82 valence electrons. The number of nitrogens with two attached hydrogens (primary N) is 1. The Balaban J connectivity index is 2.17.